The van der Waals surface area contributed by atoms with Crippen LogP contribution in [0, 0.1) is 17.3 Å². The molecule has 2 aliphatic carbocycles. The normalized spacial score (nSPS) is 36.4. The van der Waals surface area contributed by atoms with Crippen LogP contribution in [0.5, 0.6) is 0 Å². The molecule has 0 bridgehead atoms. The first kappa shape index (κ1) is 11.9. The van der Waals surface area contributed by atoms with E-state index in [2.05, 4.69) is 6.92 Å². The summed E-state index contributed by atoms with van der Waals surface area (Å²) < 4.78 is 0. The summed E-state index contributed by atoms with van der Waals surface area (Å²) in [7, 11) is 0. The van der Waals surface area contributed by atoms with Crippen molar-refractivity contribution < 1.29 is 9.90 Å². The number of hydrogen-bond donors (Lipinski definition) is 1. The fraction of sp³-hybridized carbons (Fsp3) is 0.929. The van der Waals surface area contributed by atoms with Crippen molar-refractivity contribution in [2.75, 3.05) is 0 Å². The molecule has 0 aromatic carbocycles. The van der Waals surface area contributed by atoms with Crippen LogP contribution in [-0.4, -0.2) is 11.1 Å². The van der Waals surface area contributed by atoms with E-state index in [1.54, 1.807) is 0 Å². The van der Waals surface area contributed by atoms with Gasteiger partial charge in [-0.25, -0.2) is 0 Å². The smallest absolute Gasteiger partial charge is 0.309 e. The third-order valence-electron chi connectivity index (χ3n) is 5.14. The average molecular weight is 224 g/mol. The van der Waals surface area contributed by atoms with E-state index in [4.69, 9.17) is 0 Å². The summed E-state index contributed by atoms with van der Waals surface area (Å²) in [6, 6.07) is 0. The Hall–Kier alpha value is -0.530. The summed E-state index contributed by atoms with van der Waals surface area (Å²) >= 11 is 0. The topological polar surface area (TPSA) is 37.3 Å². The third kappa shape index (κ3) is 1.99. The molecule has 0 heterocycles. The Morgan fingerprint density at radius 3 is 2.19 bits per heavy atom. The van der Waals surface area contributed by atoms with Gasteiger partial charge in [-0.05, 0) is 50.4 Å². The quantitative estimate of drug-likeness (QED) is 0.790. The van der Waals surface area contributed by atoms with E-state index in [1.807, 2.05) is 0 Å². The van der Waals surface area contributed by atoms with Crippen LogP contribution >= 0.6 is 0 Å². The van der Waals surface area contributed by atoms with Crippen molar-refractivity contribution in [1.29, 1.82) is 0 Å². The van der Waals surface area contributed by atoms with Crippen LogP contribution in [-0.2, 0) is 4.79 Å². The molecule has 0 radical (unpaired) electrons. The highest BCUT2D eigenvalue weighted by Crippen LogP contribution is 2.50. The van der Waals surface area contributed by atoms with Gasteiger partial charge >= 0.3 is 5.97 Å². The van der Waals surface area contributed by atoms with Gasteiger partial charge in [0.05, 0.1) is 5.41 Å². The van der Waals surface area contributed by atoms with Crippen molar-refractivity contribution in [3.8, 4) is 0 Å². The van der Waals surface area contributed by atoms with E-state index >= 15 is 0 Å². The van der Waals surface area contributed by atoms with Gasteiger partial charge in [0.2, 0.25) is 0 Å². The van der Waals surface area contributed by atoms with Crippen LogP contribution in [0.2, 0.25) is 0 Å². The van der Waals surface area contributed by atoms with Gasteiger partial charge in [0.25, 0.3) is 0 Å². The second-order valence-corrected chi connectivity index (χ2v) is 5.79. The molecule has 16 heavy (non-hydrogen) atoms. The first-order valence-corrected chi connectivity index (χ1v) is 6.92. The van der Waals surface area contributed by atoms with Crippen molar-refractivity contribution in [1.82, 2.24) is 0 Å². The van der Waals surface area contributed by atoms with Gasteiger partial charge in [0.1, 0.15) is 0 Å². The van der Waals surface area contributed by atoms with Gasteiger partial charge in [-0.2, -0.15) is 0 Å². The Labute approximate surface area is 98.4 Å². The second-order valence-electron chi connectivity index (χ2n) is 5.79. The van der Waals surface area contributed by atoms with Crippen LogP contribution in [0.3, 0.4) is 0 Å². The lowest BCUT2D eigenvalue weighted by Gasteiger charge is -2.41. The summed E-state index contributed by atoms with van der Waals surface area (Å²) in [4.78, 5) is 11.7. The Kier molecular flexibility index (Phi) is 3.56. The fourth-order valence-electron chi connectivity index (χ4n) is 3.88. The predicted molar refractivity (Wildman–Crippen MR) is 64.3 cm³/mol. The minimum atomic E-state index is -0.506. The van der Waals surface area contributed by atoms with Crippen molar-refractivity contribution in [2.24, 2.45) is 17.3 Å². The maximum atomic E-state index is 11.7. The van der Waals surface area contributed by atoms with Gasteiger partial charge in [-0.1, -0.05) is 26.2 Å². The standard InChI is InChI=1S/C14H24O2/c1-2-11-7-9-14(10-8-11,13(15)16)12-5-3-4-6-12/h11-12H,2-10H2,1H3,(H,15,16). The lowest BCUT2D eigenvalue weighted by Crippen LogP contribution is -2.41. The van der Waals surface area contributed by atoms with E-state index in [0.29, 0.717) is 5.92 Å². The maximum Gasteiger partial charge on any atom is 0.309 e. The molecule has 0 amide bonds. The largest absolute Gasteiger partial charge is 0.481 e. The van der Waals surface area contributed by atoms with Gasteiger partial charge in [0.15, 0.2) is 0 Å². The molecule has 0 atom stereocenters. The zero-order chi connectivity index (χ0) is 11.6. The van der Waals surface area contributed by atoms with Crippen molar-refractivity contribution in [2.45, 2.75) is 64.7 Å². The number of hydrogen-bond acceptors (Lipinski definition) is 1. The molecule has 2 rings (SSSR count). The van der Waals surface area contributed by atoms with Crippen molar-refractivity contribution in [3.05, 3.63) is 0 Å². The van der Waals surface area contributed by atoms with Gasteiger partial charge < -0.3 is 5.11 Å². The highest BCUT2D eigenvalue weighted by molar-refractivity contribution is 5.75. The number of carbonyl (C=O) groups is 1. The molecule has 2 heteroatoms. The molecule has 0 spiro atoms. The van der Waals surface area contributed by atoms with Gasteiger partial charge in [0, 0.05) is 0 Å². The highest BCUT2D eigenvalue weighted by atomic mass is 16.4. The minimum absolute atomic E-state index is 0.345. The Morgan fingerprint density at radius 2 is 1.75 bits per heavy atom. The van der Waals surface area contributed by atoms with Crippen LogP contribution in [0.4, 0.5) is 0 Å². The molecule has 1 N–H and O–H groups in total. The third-order valence-corrected chi connectivity index (χ3v) is 5.14. The van der Waals surface area contributed by atoms with Gasteiger partial charge in [-0.15, -0.1) is 0 Å². The number of aliphatic carboxylic acids is 1. The van der Waals surface area contributed by atoms with E-state index in [1.165, 1.54) is 19.3 Å². The molecule has 2 nitrogen and oxygen atoms in total. The van der Waals surface area contributed by atoms with Crippen LogP contribution in [0.1, 0.15) is 64.7 Å². The van der Waals surface area contributed by atoms with Crippen LogP contribution in [0.15, 0.2) is 0 Å². The van der Waals surface area contributed by atoms with E-state index in [-0.39, 0.29) is 5.41 Å². The molecule has 0 saturated heterocycles. The van der Waals surface area contributed by atoms with Crippen molar-refractivity contribution >= 4 is 5.97 Å². The minimum Gasteiger partial charge on any atom is -0.481 e. The van der Waals surface area contributed by atoms with E-state index in [9.17, 15) is 9.90 Å². The first-order valence-electron chi connectivity index (χ1n) is 6.92. The fourth-order valence-corrected chi connectivity index (χ4v) is 3.88. The Morgan fingerprint density at radius 1 is 1.19 bits per heavy atom. The summed E-state index contributed by atoms with van der Waals surface area (Å²) in [6.45, 7) is 2.23. The van der Waals surface area contributed by atoms with E-state index < -0.39 is 5.97 Å². The molecule has 0 unspecified atom stereocenters. The monoisotopic (exact) mass is 224 g/mol. The molecule has 0 aromatic heterocycles. The molecule has 2 saturated carbocycles. The molecule has 0 aliphatic heterocycles. The Bertz CT molecular complexity index is 245. The van der Waals surface area contributed by atoms with Crippen LogP contribution < -0.4 is 0 Å². The lowest BCUT2D eigenvalue weighted by atomic mass is 9.62. The first-order chi connectivity index (χ1) is 7.69. The molecule has 2 aliphatic rings. The second kappa shape index (κ2) is 4.77. The van der Waals surface area contributed by atoms with Crippen molar-refractivity contribution in [3.63, 3.8) is 0 Å². The average Bonchev–Trinajstić information content (AvgIpc) is 2.82. The maximum absolute atomic E-state index is 11.7. The highest BCUT2D eigenvalue weighted by Gasteiger charge is 2.48. The summed E-state index contributed by atoms with van der Waals surface area (Å²) in [5.41, 5.74) is -0.345. The zero-order valence-corrected chi connectivity index (χ0v) is 10.4. The van der Waals surface area contributed by atoms with E-state index in [0.717, 1.165) is 44.4 Å². The zero-order valence-electron chi connectivity index (χ0n) is 10.4. The van der Waals surface area contributed by atoms with Gasteiger partial charge in [-0.3, -0.25) is 4.79 Å². The Balaban J connectivity index is 2.08. The molecule has 92 valence electrons. The van der Waals surface area contributed by atoms with Crippen LogP contribution in [0.25, 0.3) is 0 Å². The SMILES string of the molecule is CCC1CCC(C(=O)O)(C2CCCC2)CC1. The molecule has 2 fully saturated rings. The number of rotatable bonds is 3. The number of carboxylic acids is 1. The summed E-state index contributed by atoms with van der Waals surface area (Å²) in [6.07, 6.45) is 10.2. The molecular formula is C14H24O2. The summed E-state index contributed by atoms with van der Waals surface area (Å²) in [5, 5.41) is 9.61. The number of carboxylic acid groups (broad SMARTS) is 1. The predicted octanol–water partition coefficient (Wildman–Crippen LogP) is 3.85. The lowest BCUT2D eigenvalue weighted by molar-refractivity contribution is -0.156. The molecule has 0 aromatic rings. The summed E-state index contributed by atoms with van der Waals surface area (Å²) in [5.74, 6) is 0.755. The molecular weight excluding hydrogens is 200 g/mol.